The van der Waals surface area contributed by atoms with E-state index in [0.717, 1.165) is 0 Å². The maximum absolute atomic E-state index is 12.5. The van der Waals surface area contributed by atoms with Crippen LogP contribution in [0.4, 0.5) is 11.4 Å². The van der Waals surface area contributed by atoms with Gasteiger partial charge < -0.3 is 51.5 Å². The summed E-state index contributed by atoms with van der Waals surface area (Å²) in [5.74, 6) is -2.17. The predicted octanol–water partition coefficient (Wildman–Crippen LogP) is -4.45. The van der Waals surface area contributed by atoms with Crippen molar-refractivity contribution in [3.8, 4) is 0 Å². The minimum atomic E-state index is -0.551. The van der Waals surface area contributed by atoms with Gasteiger partial charge in [0.15, 0.2) is 0 Å². The van der Waals surface area contributed by atoms with Gasteiger partial charge in [0.25, 0.3) is 0 Å². The Morgan fingerprint density at radius 3 is 1.26 bits per heavy atom. The van der Waals surface area contributed by atoms with E-state index in [1.54, 1.807) is 0 Å². The second-order valence-corrected chi connectivity index (χ2v) is 7.87. The van der Waals surface area contributed by atoms with E-state index in [0.29, 0.717) is 6.29 Å². The van der Waals surface area contributed by atoms with Crippen molar-refractivity contribution in [1.29, 1.82) is 0 Å². The van der Waals surface area contributed by atoms with Gasteiger partial charge in [0.1, 0.15) is 6.29 Å². The molecule has 1 aromatic rings. The summed E-state index contributed by atoms with van der Waals surface area (Å²) in [6.07, 6.45) is 0.551. The summed E-state index contributed by atoms with van der Waals surface area (Å²) < 4.78 is 0. The Kier molecular flexibility index (Phi) is 15.7. The first-order valence-corrected chi connectivity index (χ1v) is 11.9. The first-order chi connectivity index (χ1) is 18.3. The summed E-state index contributed by atoms with van der Waals surface area (Å²) in [6, 6.07) is 4.29. The van der Waals surface area contributed by atoms with Gasteiger partial charge in [0, 0.05) is 31.7 Å². The third kappa shape index (κ3) is 12.0. The third-order valence-electron chi connectivity index (χ3n) is 4.89. The number of rotatable bonds is 19. The largest absolute Gasteiger partial charge is 0.395 e. The van der Waals surface area contributed by atoms with Gasteiger partial charge in [-0.3, -0.25) is 24.0 Å². The van der Waals surface area contributed by atoms with Gasteiger partial charge >= 0.3 is 0 Å². The molecule has 0 aliphatic carbocycles. The van der Waals surface area contributed by atoms with Crippen molar-refractivity contribution in [3.05, 3.63) is 23.8 Å². The smallest absolute Gasteiger partial charge is 0.239 e. The van der Waals surface area contributed by atoms with E-state index in [1.165, 1.54) is 28.0 Å². The van der Waals surface area contributed by atoms with Crippen molar-refractivity contribution in [3.63, 3.8) is 0 Å². The van der Waals surface area contributed by atoms with E-state index >= 15 is 0 Å². The number of nitrogens with zero attached hydrogens (tertiary/aromatic N) is 2. The number of hydrogen-bond acceptors (Lipinski definition) is 11. The normalized spacial score (nSPS) is 10.3. The molecule has 1 rings (SSSR count). The number of benzene rings is 1. The van der Waals surface area contributed by atoms with Gasteiger partial charge in [0.2, 0.25) is 23.6 Å². The van der Waals surface area contributed by atoms with E-state index in [1.807, 2.05) is 0 Å². The van der Waals surface area contributed by atoms with Crippen LogP contribution in [0.1, 0.15) is 10.4 Å². The number of carbonyl (C=O) groups is 5. The zero-order valence-corrected chi connectivity index (χ0v) is 21.0. The molecule has 15 nitrogen and oxygen atoms in total. The number of anilines is 2. The summed E-state index contributed by atoms with van der Waals surface area (Å²) in [5.41, 5.74) is 0.603. The van der Waals surface area contributed by atoms with Gasteiger partial charge in [0.05, 0.1) is 64.0 Å². The molecule has 0 unspecified atom stereocenters. The lowest BCUT2D eigenvalue weighted by Gasteiger charge is -2.31. The topological polar surface area (TPSA) is 221 Å². The molecule has 1 aromatic carbocycles. The molecule has 0 heterocycles. The van der Waals surface area contributed by atoms with E-state index < -0.39 is 23.6 Å². The molecule has 4 amide bonds. The Bertz CT molecular complexity index is 887. The Hall–Kier alpha value is -3.79. The molecule has 38 heavy (non-hydrogen) atoms. The zero-order valence-electron chi connectivity index (χ0n) is 21.0. The third-order valence-corrected chi connectivity index (χ3v) is 4.89. The van der Waals surface area contributed by atoms with Crippen LogP contribution in [-0.4, -0.2) is 129 Å². The maximum Gasteiger partial charge on any atom is 0.239 e. The van der Waals surface area contributed by atoms with Crippen LogP contribution >= 0.6 is 0 Å². The molecule has 0 fully saturated rings. The Morgan fingerprint density at radius 2 is 0.947 bits per heavy atom. The van der Waals surface area contributed by atoms with Gasteiger partial charge in [-0.2, -0.15) is 0 Å². The van der Waals surface area contributed by atoms with Crippen LogP contribution in [0, 0.1) is 0 Å². The Labute approximate surface area is 219 Å². The quantitative estimate of drug-likeness (QED) is 0.0782. The SMILES string of the molecule is O=Cc1ccc(N(CC(=O)NCCO)CC(=O)NCCO)c(N(CC(=O)NCCO)CC(=O)NCCO)c1. The average Bonchev–Trinajstić information content (AvgIpc) is 2.91. The fraction of sp³-hybridized carbons (Fsp3) is 0.522. The first kappa shape index (κ1) is 32.2. The Morgan fingerprint density at radius 1 is 0.605 bits per heavy atom. The van der Waals surface area contributed by atoms with Crippen molar-refractivity contribution in [2.45, 2.75) is 0 Å². The van der Waals surface area contributed by atoms with Crippen LogP contribution in [0.15, 0.2) is 18.2 Å². The van der Waals surface area contributed by atoms with Crippen molar-refractivity contribution < 1.29 is 44.4 Å². The van der Waals surface area contributed by atoms with Crippen molar-refractivity contribution in [2.75, 3.05) is 88.6 Å². The molecule has 0 radical (unpaired) electrons. The second-order valence-electron chi connectivity index (χ2n) is 7.87. The molecule has 0 saturated heterocycles. The fourth-order valence-corrected chi connectivity index (χ4v) is 3.29. The molecule has 0 spiro atoms. The standard InChI is InChI=1S/C23H36N6O9/c30-7-3-24-20(35)12-28(13-21(36)25-4-8-31)18-2-1-17(16-34)11-19(18)29(14-22(37)26-5-9-32)15-23(38)27-6-10-33/h1-2,11,16,30-33H,3-10,12-15H2,(H,24,35)(H,25,36)(H,26,37)(H,27,38). The lowest BCUT2D eigenvalue weighted by atomic mass is 10.1. The summed E-state index contributed by atoms with van der Waals surface area (Å²) >= 11 is 0. The highest BCUT2D eigenvalue weighted by atomic mass is 16.3. The molecule has 0 bridgehead atoms. The number of aliphatic hydroxyl groups is 4. The molecule has 0 saturated carbocycles. The minimum absolute atomic E-state index is 0.0253. The summed E-state index contributed by atoms with van der Waals surface area (Å²) in [6.45, 7) is -2.84. The van der Waals surface area contributed by atoms with Crippen LogP contribution in [-0.2, 0) is 19.2 Å². The van der Waals surface area contributed by atoms with Crippen LogP contribution in [0.25, 0.3) is 0 Å². The molecule has 8 N–H and O–H groups in total. The van der Waals surface area contributed by atoms with E-state index in [4.69, 9.17) is 20.4 Å². The monoisotopic (exact) mass is 540 g/mol. The Balaban J connectivity index is 3.51. The first-order valence-electron chi connectivity index (χ1n) is 11.9. The minimum Gasteiger partial charge on any atom is -0.395 e. The molecule has 212 valence electrons. The lowest BCUT2D eigenvalue weighted by Crippen LogP contribution is -2.46. The van der Waals surface area contributed by atoms with E-state index in [-0.39, 0.29) is 95.7 Å². The zero-order chi connectivity index (χ0) is 28.3. The molecule has 0 atom stereocenters. The number of aliphatic hydroxyl groups excluding tert-OH is 4. The predicted molar refractivity (Wildman–Crippen MR) is 137 cm³/mol. The lowest BCUT2D eigenvalue weighted by molar-refractivity contribution is -0.122. The van der Waals surface area contributed by atoms with Gasteiger partial charge in [-0.05, 0) is 18.2 Å². The highest BCUT2D eigenvalue weighted by Gasteiger charge is 2.24. The average molecular weight is 541 g/mol. The highest BCUT2D eigenvalue weighted by Crippen LogP contribution is 2.30. The number of nitrogens with one attached hydrogen (secondary N) is 4. The van der Waals surface area contributed by atoms with Crippen LogP contribution in [0.5, 0.6) is 0 Å². The maximum atomic E-state index is 12.5. The molecule has 0 aromatic heterocycles. The van der Waals surface area contributed by atoms with Crippen molar-refractivity contribution >= 4 is 41.3 Å². The van der Waals surface area contributed by atoms with Crippen molar-refractivity contribution in [2.24, 2.45) is 0 Å². The number of aldehydes is 1. The van der Waals surface area contributed by atoms with Crippen LogP contribution in [0.2, 0.25) is 0 Å². The van der Waals surface area contributed by atoms with Crippen LogP contribution in [0.3, 0.4) is 0 Å². The number of amides is 4. The summed E-state index contributed by atoms with van der Waals surface area (Å²) in [5, 5.41) is 46.0. The molecular formula is C23H36N6O9. The molecule has 0 aliphatic rings. The van der Waals surface area contributed by atoms with Crippen molar-refractivity contribution in [1.82, 2.24) is 21.3 Å². The molecule has 0 aliphatic heterocycles. The van der Waals surface area contributed by atoms with E-state index in [9.17, 15) is 24.0 Å². The molecule has 15 heteroatoms. The second kappa shape index (κ2) is 18.5. The van der Waals surface area contributed by atoms with Gasteiger partial charge in [-0.25, -0.2) is 0 Å². The fourth-order valence-electron chi connectivity index (χ4n) is 3.29. The van der Waals surface area contributed by atoms with Gasteiger partial charge in [-0.15, -0.1) is 0 Å². The number of hydrogen-bond donors (Lipinski definition) is 8. The van der Waals surface area contributed by atoms with E-state index in [2.05, 4.69) is 21.3 Å². The summed E-state index contributed by atoms with van der Waals surface area (Å²) in [7, 11) is 0. The molecular weight excluding hydrogens is 504 g/mol. The summed E-state index contributed by atoms with van der Waals surface area (Å²) in [4.78, 5) is 64.3. The van der Waals surface area contributed by atoms with Gasteiger partial charge in [-0.1, -0.05) is 0 Å². The van der Waals surface area contributed by atoms with Crippen LogP contribution < -0.4 is 31.1 Å². The number of carbonyl (C=O) groups excluding carboxylic acids is 5. The highest BCUT2D eigenvalue weighted by molar-refractivity contribution is 5.93.